The third-order valence-corrected chi connectivity index (χ3v) is 5.17. The first kappa shape index (κ1) is 17.6. The van der Waals surface area contributed by atoms with Gasteiger partial charge in [-0.1, -0.05) is 29.8 Å². The summed E-state index contributed by atoms with van der Waals surface area (Å²) in [6.07, 6.45) is -4.47. The molecule has 2 heterocycles. The first-order chi connectivity index (χ1) is 11.0. The number of carbonyl (C=O) groups is 1. The van der Waals surface area contributed by atoms with Crippen molar-refractivity contribution in [3.8, 4) is 0 Å². The van der Waals surface area contributed by atoms with Crippen molar-refractivity contribution in [1.29, 1.82) is 0 Å². The van der Waals surface area contributed by atoms with Gasteiger partial charge in [-0.25, -0.2) is 4.79 Å². The fourth-order valence-electron chi connectivity index (χ4n) is 2.79. The number of aromatic nitrogens is 1. The monoisotopic (exact) mass is 421 g/mol. The number of fused-ring (bicyclic) bond motifs is 1. The van der Waals surface area contributed by atoms with Gasteiger partial charge >= 0.3 is 5.97 Å². The first-order valence-corrected chi connectivity index (χ1v) is 7.90. The Morgan fingerprint density at radius 3 is 2.50 bits per heavy atom. The molecular weight excluding hydrogens is 410 g/mol. The highest BCUT2D eigenvalue weighted by atomic mass is 79.9. The number of hydrogen-bond donors (Lipinski definition) is 6. The molecule has 1 fully saturated rings. The minimum absolute atomic E-state index is 0.193. The van der Waals surface area contributed by atoms with E-state index >= 15 is 0 Å². The minimum Gasteiger partial charge on any atom is -0.479 e. The van der Waals surface area contributed by atoms with Gasteiger partial charge in [0.15, 0.2) is 11.7 Å². The predicted octanol–water partition coefficient (Wildman–Crippen LogP) is 0.168. The maximum Gasteiger partial charge on any atom is 0.337 e. The number of rotatable bonds is 2. The second-order valence-electron chi connectivity index (χ2n) is 5.56. The van der Waals surface area contributed by atoms with Crippen LogP contribution >= 0.6 is 27.5 Å². The lowest BCUT2D eigenvalue weighted by Gasteiger charge is -2.52. The van der Waals surface area contributed by atoms with E-state index in [1.807, 2.05) is 0 Å². The molecule has 1 aliphatic heterocycles. The van der Waals surface area contributed by atoms with Gasteiger partial charge in [0.1, 0.15) is 0 Å². The average molecular weight is 423 g/mol. The van der Waals surface area contributed by atoms with E-state index in [1.54, 1.807) is 24.3 Å². The first-order valence-electron chi connectivity index (χ1n) is 6.73. The van der Waals surface area contributed by atoms with Crippen LogP contribution in [0.2, 0.25) is 0 Å². The van der Waals surface area contributed by atoms with Crippen LogP contribution in [0.3, 0.4) is 0 Å². The highest BCUT2D eigenvalue weighted by Crippen LogP contribution is 2.51. The molecule has 8 nitrogen and oxygen atoms in total. The Kier molecular flexibility index (Phi) is 3.96. The number of aromatic amines is 1. The molecule has 0 saturated carbocycles. The fraction of sp³-hybridized carbons (Fsp3) is 0.357. The van der Waals surface area contributed by atoms with E-state index in [1.165, 1.54) is 6.07 Å². The third-order valence-electron chi connectivity index (χ3n) is 4.06. The number of carboxylic acid groups (broad SMARTS) is 1. The number of alkyl halides is 2. The van der Waals surface area contributed by atoms with Crippen LogP contribution in [-0.4, -0.2) is 58.5 Å². The lowest BCUT2D eigenvalue weighted by Crippen LogP contribution is -2.73. The molecule has 0 unspecified atom stereocenters. The molecule has 2 aromatic rings. The summed E-state index contributed by atoms with van der Waals surface area (Å²) in [6.45, 7) is 0. The summed E-state index contributed by atoms with van der Waals surface area (Å²) in [5, 5.41) is 48.8. The van der Waals surface area contributed by atoms with Gasteiger partial charge in [-0.15, -0.1) is 0 Å². The van der Waals surface area contributed by atoms with Crippen LogP contribution in [0.1, 0.15) is 5.69 Å². The zero-order valence-electron chi connectivity index (χ0n) is 11.8. The van der Waals surface area contributed by atoms with Gasteiger partial charge in [-0.05, 0) is 33.4 Å². The summed E-state index contributed by atoms with van der Waals surface area (Å²) in [5.74, 6) is -1.74. The molecule has 24 heavy (non-hydrogen) atoms. The summed E-state index contributed by atoms with van der Waals surface area (Å²) in [5.41, 5.74) is -2.45. The normalized spacial score (nSPS) is 39.9. The summed E-state index contributed by atoms with van der Waals surface area (Å²) in [7, 11) is 0. The number of aliphatic hydroxyl groups is 4. The molecule has 6 N–H and O–H groups in total. The zero-order chi connectivity index (χ0) is 17.9. The fourth-order valence-corrected chi connectivity index (χ4v) is 3.65. The molecule has 1 aliphatic rings. The van der Waals surface area contributed by atoms with Crippen LogP contribution in [0.25, 0.3) is 10.9 Å². The van der Waals surface area contributed by atoms with Crippen LogP contribution in [0.4, 0.5) is 0 Å². The number of halogens is 2. The lowest BCUT2D eigenvalue weighted by molar-refractivity contribution is -0.344. The van der Waals surface area contributed by atoms with Gasteiger partial charge in [-0.2, -0.15) is 0 Å². The number of para-hydroxylation sites is 1. The maximum absolute atomic E-state index is 11.4. The highest BCUT2D eigenvalue weighted by molar-refractivity contribution is 9.10. The van der Waals surface area contributed by atoms with Crippen LogP contribution < -0.4 is 0 Å². The van der Waals surface area contributed by atoms with Crippen molar-refractivity contribution in [2.75, 3.05) is 0 Å². The maximum atomic E-state index is 11.4. The summed E-state index contributed by atoms with van der Waals surface area (Å²) < 4.78 is 2.06. The van der Waals surface area contributed by atoms with Gasteiger partial charge in [0.05, 0.1) is 5.69 Å². The van der Waals surface area contributed by atoms with E-state index in [9.17, 15) is 30.3 Å². The molecule has 0 spiro atoms. The summed E-state index contributed by atoms with van der Waals surface area (Å²) in [6, 6.07) is 8.15. The van der Waals surface area contributed by atoms with Crippen LogP contribution in [0, 0.1) is 0 Å². The molecule has 1 saturated heterocycles. The second-order valence-corrected chi connectivity index (χ2v) is 7.27. The minimum atomic E-state index is -2.99. The predicted molar refractivity (Wildman–Crippen MR) is 85.4 cm³/mol. The van der Waals surface area contributed by atoms with Crippen molar-refractivity contribution in [1.82, 2.24) is 4.98 Å². The largest absolute Gasteiger partial charge is 0.479 e. The Morgan fingerprint density at radius 1 is 1.29 bits per heavy atom. The lowest BCUT2D eigenvalue weighted by atomic mass is 9.80. The van der Waals surface area contributed by atoms with Crippen molar-refractivity contribution in [2.24, 2.45) is 0 Å². The molecule has 0 bridgehead atoms. The van der Waals surface area contributed by atoms with Gasteiger partial charge < -0.3 is 35.3 Å². The molecule has 1 aromatic heterocycles. The van der Waals surface area contributed by atoms with Gasteiger partial charge in [0.25, 0.3) is 4.70 Å². The Morgan fingerprint density at radius 2 is 1.92 bits per heavy atom. The van der Waals surface area contributed by atoms with Crippen LogP contribution in [0.15, 0.2) is 30.3 Å². The number of hydrogen-bond acceptors (Lipinski definition) is 6. The van der Waals surface area contributed by atoms with E-state index in [0.29, 0.717) is 10.9 Å². The Balaban J connectivity index is 2.24. The number of H-pyrrole nitrogens is 1. The van der Waals surface area contributed by atoms with E-state index in [2.05, 4.69) is 20.9 Å². The molecule has 0 amide bonds. The average Bonchev–Trinajstić information content (AvgIpc) is 2.93. The van der Waals surface area contributed by atoms with E-state index in [-0.39, 0.29) is 5.69 Å². The Labute approximate surface area is 148 Å². The molecule has 0 aliphatic carbocycles. The quantitative estimate of drug-likeness (QED) is 0.379. The number of nitrogens with one attached hydrogen (secondary N) is 1. The molecule has 130 valence electrons. The summed E-state index contributed by atoms with van der Waals surface area (Å²) in [4.78, 5) is 14.1. The molecule has 5 atom stereocenters. The standard InChI is InChI=1S/C14H13BrClNO7/c15-14(23)11(20)12(21,13(16,22)9(24-14)10(18)19)8-5-6-3-1-2-4-7(6)17-8/h1-5,9,11,17,20-23H,(H,18,19)/t9-,11-,12-,13-,14+/m1/s1. The SMILES string of the molecule is O=C(O)[C@H]1O[C@](O)(Br)[C@H](O)[C@](O)(c2cc3ccccc3[nH]2)[C@@]1(O)Cl. The zero-order valence-corrected chi connectivity index (χ0v) is 14.2. The molecule has 3 rings (SSSR count). The van der Waals surface area contributed by atoms with Crippen LogP contribution in [-0.2, 0) is 15.1 Å². The number of carboxylic acids is 1. The van der Waals surface area contributed by atoms with Crippen molar-refractivity contribution in [3.63, 3.8) is 0 Å². The number of benzene rings is 1. The van der Waals surface area contributed by atoms with E-state index in [4.69, 9.17) is 16.3 Å². The number of aliphatic hydroxyl groups excluding tert-OH is 1. The van der Waals surface area contributed by atoms with Gasteiger partial charge in [0, 0.05) is 5.52 Å². The Hall–Kier alpha value is -1.20. The molecule has 10 heteroatoms. The van der Waals surface area contributed by atoms with E-state index in [0.717, 1.165) is 0 Å². The number of aliphatic carboxylic acids is 1. The van der Waals surface area contributed by atoms with Gasteiger partial charge in [0.2, 0.25) is 11.2 Å². The van der Waals surface area contributed by atoms with Crippen molar-refractivity contribution < 1.29 is 35.1 Å². The van der Waals surface area contributed by atoms with E-state index < -0.39 is 33.5 Å². The topological polar surface area (TPSA) is 143 Å². The Bertz CT molecular complexity index is 774. The smallest absolute Gasteiger partial charge is 0.337 e. The number of ether oxygens (including phenoxy) is 1. The van der Waals surface area contributed by atoms with Crippen LogP contribution in [0.5, 0.6) is 0 Å². The van der Waals surface area contributed by atoms with Crippen molar-refractivity contribution in [2.45, 2.75) is 27.6 Å². The summed E-state index contributed by atoms with van der Waals surface area (Å²) >= 11 is 8.52. The highest BCUT2D eigenvalue weighted by Gasteiger charge is 2.71. The second kappa shape index (κ2) is 5.40. The molecule has 1 aromatic carbocycles. The third kappa shape index (κ3) is 2.28. The van der Waals surface area contributed by atoms with Crippen molar-refractivity contribution >= 4 is 44.4 Å². The molecular formula is C14H13BrClNO7. The van der Waals surface area contributed by atoms with Crippen molar-refractivity contribution in [3.05, 3.63) is 36.0 Å². The molecule has 0 radical (unpaired) electrons. The van der Waals surface area contributed by atoms with Gasteiger partial charge in [-0.3, -0.25) is 0 Å².